The molecule has 0 bridgehead atoms. The van der Waals surface area contributed by atoms with Gasteiger partial charge in [0.2, 0.25) is 0 Å². The van der Waals surface area contributed by atoms with Crippen molar-refractivity contribution in [3.05, 3.63) is 114 Å². The lowest BCUT2D eigenvalue weighted by molar-refractivity contribution is 1.25. The Morgan fingerprint density at radius 1 is 0.697 bits per heavy atom. The normalized spacial score (nSPS) is 11.2. The van der Waals surface area contributed by atoms with Gasteiger partial charge in [0.25, 0.3) is 0 Å². The lowest BCUT2D eigenvalue weighted by Gasteiger charge is -2.12. The number of nitrogens with one attached hydrogen (secondary N) is 1. The van der Waals surface area contributed by atoms with E-state index in [2.05, 4.69) is 21.0 Å². The summed E-state index contributed by atoms with van der Waals surface area (Å²) in [5.41, 5.74) is 6.18. The summed E-state index contributed by atoms with van der Waals surface area (Å²) in [6.07, 6.45) is 5.16. The van der Waals surface area contributed by atoms with E-state index < -0.39 is 0 Å². The fourth-order valence-corrected chi connectivity index (χ4v) is 4.14. The first kappa shape index (κ1) is 19.1. The smallest absolute Gasteiger partial charge is 0.200 e. The number of nitrogens with zero attached hydrogens (tertiary/aromatic N) is 3. The number of benzene rings is 2. The summed E-state index contributed by atoms with van der Waals surface area (Å²) in [5, 5.41) is 1.56. The van der Waals surface area contributed by atoms with Crippen molar-refractivity contribution in [3.8, 4) is 33.6 Å². The standard InChI is InChI=1S/C28H18N4O/c33-27-22-16-21(19-11-12-24-20(15-19)9-6-14-29-24)26(18-7-2-1-3-8-18)32-28(22)31-17-23(27)25-10-4-5-13-30-25/h1-17H,(H,31,32,33). The summed E-state index contributed by atoms with van der Waals surface area (Å²) < 4.78 is 0. The van der Waals surface area contributed by atoms with Crippen LogP contribution in [0.5, 0.6) is 0 Å². The van der Waals surface area contributed by atoms with Crippen LogP contribution in [0.4, 0.5) is 0 Å². The average Bonchev–Trinajstić information content (AvgIpc) is 2.89. The number of H-pyrrole nitrogens is 1. The molecule has 0 aliphatic heterocycles. The Morgan fingerprint density at radius 3 is 2.39 bits per heavy atom. The van der Waals surface area contributed by atoms with Crippen LogP contribution in [0.3, 0.4) is 0 Å². The second kappa shape index (κ2) is 7.80. The molecular formula is C28H18N4O. The van der Waals surface area contributed by atoms with Gasteiger partial charge in [-0.1, -0.05) is 48.5 Å². The van der Waals surface area contributed by atoms with E-state index in [4.69, 9.17) is 4.98 Å². The van der Waals surface area contributed by atoms with Gasteiger partial charge in [-0.05, 0) is 42.0 Å². The zero-order chi connectivity index (χ0) is 22.2. The number of aromatic nitrogens is 4. The molecular weight excluding hydrogens is 408 g/mol. The Hall–Kier alpha value is -4.64. The van der Waals surface area contributed by atoms with Crippen LogP contribution in [-0.2, 0) is 0 Å². The van der Waals surface area contributed by atoms with E-state index >= 15 is 0 Å². The molecule has 0 aliphatic carbocycles. The van der Waals surface area contributed by atoms with Crippen LogP contribution in [0.1, 0.15) is 0 Å². The van der Waals surface area contributed by atoms with Gasteiger partial charge in [-0.25, -0.2) is 4.98 Å². The third-order valence-electron chi connectivity index (χ3n) is 5.77. The van der Waals surface area contributed by atoms with E-state index in [-0.39, 0.29) is 5.43 Å². The van der Waals surface area contributed by atoms with Crippen molar-refractivity contribution in [2.45, 2.75) is 0 Å². The molecule has 0 amide bonds. The Bertz CT molecular complexity index is 1680. The summed E-state index contributed by atoms with van der Waals surface area (Å²) in [6, 6.07) is 27.6. The van der Waals surface area contributed by atoms with Crippen molar-refractivity contribution < 1.29 is 0 Å². The minimum Gasteiger partial charge on any atom is -0.345 e. The maximum absolute atomic E-state index is 13.5. The van der Waals surface area contributed by atoms with Gasteiger partial charge < -0.3 is 4.98 Å². The quantitative estimate of drug-likeness (QED) is 0.384. The van der Waals surface area contributed by atoms with E-state index in [0.29, 0.717) is 22.3 Å². The summed E-state index contributed by atoms with van der Waals surface area (Å²) in [5.74, 6) is 0. The van der Waals surface area contributed by atoms with Crippen LogP contribution in [0, 0.1) is 0 Å². The molecule has 4 heterocycles. The third kappa shape index (κ3) is 3.36. The van der Waals surface area contributed by atoms with Crippen LogP contribution in [0.15, 0.2) is 108 Å². The molecule has 0 aliphatic rings. The lowest BCUT2D eigenvalue weighted by atomic mass is 9.96. The number of aromatic amines is 1. The highest BCUT2D eigenvalue weighted by Crippen LogP contribution is 2.34. The average molecular weight is 426 g/mol. The van der Waals surface area contributed by atoms with Gasteiger partial charge in [0.15, 0.2) is 5.43 Å². The molecule has 156 valence electrons. The SMILES string of the molecule is O=c1c(-c2ccccn2)c[nH]c2nc(-c3ccccc3)c(-c3ccc4ncccc4c3)cc12. The number of pyridine rings is 4. The largest absolute Gasteiger partial charge is 0.345 e. The van der Waals surface area contributed by atoms with Crippen LogP contribution >= 0.6 is 0 Å². The van der Waals surface area contributed by atoms with E-state index in [1.165, 1.54) is 0 Å². The van der Waals surface area contributed by atoms with E-state index in [1.54, 1.807) is 18.6 Å². The summed E-state index contributed by atoms with van der Waals surface area (Å²) in [4.78, 5) is 30.4. The summed E-state index contributed by atoms with van der Waals surface area (Å²) in [6.45, 7) is 0. The van der Waals surface area contributed by atoms with Crippen molar-refractivity contribution >= 4 is 21.9 Å². The van der Waals surface area contributed by atoms with Crippen LogP contribution in [-0.4, -0.2) is 19.9 Å². The Morgan fingerprint density at radius 2 is 1.55 bits per heavy atom. The van der Waals surface area contributed by atoms with Crippen LogP contribution < -0.4 is 5.43 Å². The highest BCUT2D eigenvalue weighted by molar-refractivity contribution is 5.94. The van der Waals surface area contributed by atoms with Gasteiger partial charge in [0.05, 0.1) is 27.9 Å². The van der Waals surface area contributed by atoms with Gasteiger partial charge >= 0.3 is 0 Å². The molecule has 0 saturated heterocycles. The third-order valence-corrected chi connectivity index (χ3v) is 5.77. The molecule has 33 heavy (non-hydrogen) atoms. The highest BCUT2D eigenvalue weighted by atomic mass is 16.1. The molecule has 0 spiro atoms. The van der Waals surface area contributed by atoms with E-state index in [0.717, 1.165) is 33.3 Å². The Labute approximate surface area is 189 Å². The first-order valence-electron chi connectivity index (χ1n) is 10.7. The maximum Gasteiger partial charge on any atom is 0.200 e. The number of fused-ring (bicyclic) bond motifs is 2. The molecule has 6 aromatic rings. The zero-order valence-corrected chi connectivity index (χ0v) is 17.6. The second-order valence-corrected chi connectivity index (χ2v) is 7.80. The summed E-state index contributed by atoms with van der Waals surface area (Å²) in [7, 11) is 0. The first-order chi connectivity index (χ1) is 16.3. The molecule has 0 atom stereocenters. The number of rotatable bonds is 3. The molecule has 6 rings (SSSR count). The minimum atomic E-state index is -0.0988. The van der Waals surface area contributed by atoms with Crippen molar-refractivity contribution in [1.82, 2.24) is 19.9 Å². The fourth-order valence-electron chi connectivity index (χ4n) is 4.14. The van der Waals surface area contributed by atoms with Crippen LogP contribution in [0.2, 0.25) is 0 Å². The molecule has 2 aromatic carbocycles. The minimum absolute atomic E-state index is 0.0988. The molecule has 1 N–H and O–H groups in total. The van der Waals surface area contributed by atoms with E-state index in [9.17, 15) is 4.79 Å². The maximum atomic E-state index is 13.5. The van der Waals surface area contributed by atoms with Crippen LogP contribution in [0.25, 0.3) is 55.6 Å². The monoisotopic (exact) mass is 426 g/mol. The molecule has 5 nitrogen and oxygen atoms in total. The Kier molecular flexibility index (Phi) is 4.51. The van der Waals surface area contributed by atoms with Gasteiger partial charge in [0, 0.05) is 35.1 Å². The van der Waals surface area contributed by atoms with E-state index in [1.807, 2.05) is 78.9 Å². The number of hydrogen-bond donors (Lipinski definition) is 1. The predicted molar refractivity (Wildman–Crippen MR) is 132 cm³/mol. The van der Waals surface area contributed by atoms with Gasteiger partial charge in [-0.15, -0.1) is 0 Å². The molecule has 0 saturated carbocycles. The Balaban J connectivity index is 1.65. The predicted octanol–water partition coefficient (Wildman–Crippen LogP) is 5.87. The zero-order valence-electron chi connectivity index (χ0n) is 17.6. The van der Waals surface area contributed by atoms with Crippen molar-refractivity contribution in [1.29, 1.82) is 0 Å². The number of hydrogen-bond acceptors (Lipinski definition) is 4. The lowest BCUT2D eigenvalue weighted by Crippen LogP contribution is -2.09. The molecule has 5 heteroatoms. The van der Waals surface area contributed by atoms with Crippen molar-refractivity contribution in [2.75, 3.05) is 0 Å². The molecule has 0 fully saturated rings. The fraction of sp³-hybridized carbons (Fsp3) is 0. The molecule has 0 unspecified atom stereocenters. The molecule has 4 aromatic heterocycles. The second-order valence-electron chi connectivity index (χ2n) is 7.80. The van der Waals surface area contributed by atoms with Crippen molar-refractivity contribution in [2.24, 2.45) is 0 Å². The van der Waals surface area contributed by atoms with Gasteiger partial charge in [0.1, 0.15) is 5.65 Å². The van der Waals surface area contributed by atoms with Gasteiger partial charge in [-0.2, -0.15) is 0 Å². The topological polar surface area (TPSA) is 71.5 Å². The molecule has 0 radical (unpaired) electrons. The van der Waals surface area contributed by atoms with Crippen molar-refractivity contribution in [3.63, 3.8) is 0 Å². The first-order valence-corrected chi connectivity index (χ1v) is 10.7. The summed E-state index contributed by atoms with van der Waals surface area (Å²) >= 11 is 0. The highest BCUT2D eigenvalue weighted by Gasteiger charge is 2.16. The van der Waals surface area contributed by atoms with Gasteiger partial charge in [-0.3, -0.25) is 14.8 Å².